The molecule has 1 aliphatic rings. The monoisotopic (exact) mass is 362 g/mol. The first-order chi connectivity index (χ1) is 11.6. The average molecular weight is 363 g/mol. The quantitative estimate of drug-likeness (QED) is 0.734. The molecule has 1 heterocycles. The van der Waals surface area contributed by atoms with Crippen LogP contribution in [0.1, 0.15) is 24.2 Å². The van der Waals surface area contributed by atoms with Gasteiger partial charge in [-0.3, -0.25) is 4.99 Å². The number of amidine groups is 1. The average Bonchev–Trinajstić information content (AvgIpc) is 2.98. The molecule has 0 N–H and O–H groups in total. The van der Waals surface area contributed by atoms with Crippen LogP contribution in [0.25, 0.3) is 0 Å². The smallest absolute Gasteiger partial charge is 0.109 e. The molecule has 0 saturated heterocycles. The van der Waals surface area contributed by atoms with Crippen molar-refractivity contribution in [1.29, 1.82) is 0 Å². The van der Waals surface area contributed by atoms with Crippen LogP contribution >= 0.6 is 23.2 Å². The van der Waals surface area contributed by atoms with Gasteiger partial charge in [0.15, 0.2) is 0 Å². The third-order valence-electron chi connectivity index (χ3n) is 4.16. The minimum Gasteiger partial charge on any atom is -0.367 e. The summed E-state index contributed by atoms with van der Waals surface area (Å²) in [6, 6.07) is 15.7. The van der Waals surface area contributed by atoms with Crippen LogP contribution in [0, 0.1) is 0 Å². The molecular weight excluding hydrogens is 343 g/mol. The van der Waals surface area contributed by atoms with Gasteiger partial charge >= 0.3 is 0 Å². The summed E-state index contributed by atoms with van der Waals surface area (Å²) in [7, 11) is 0. The van der Waals surface area contributed by atoms with Crippen LogP contribution in [-0.4, -0.2) is 37.0 Å². The molecule has 0 fully saturated rings. The molecule has 1 aliphatic heterocycles. The van der Waals surface area contributed by atoms with Crippen LogP contribution in [0.4, 0.5) is 0 Å². The topological polar surface area (TPSA) is 24.8 Å². The third kappa shape index (κ3) is 4.10. The fourth-order valence-corrected chi connectivity index (χ4v) is 3.36. The molecule has 3 nitrogen and oxygen atoms in total. The van der Waals surface area contributed by atoms with Gasteiger partial charge in [0.05, 0.1) is 19.0 Å². The van der Waals surface area contributed by atoms with Crippen LogP contribution < -0.4 is 0 Å². The van der Waals surface area contributed by atoms with Gasteiger partial charge in [0.1, 0.15) is 6.10 Å². The van der Waals surface area contributed by atoms with Crippen molar-refractivity contribution in [2.45, 2.75) is 13.0 Å². The van der Waals surface area contributed by atoms with Crippen molar-refractivity contribution in [3.8, 4) is 0 Å². The molecule has 24 heavy (non-hydrogen) atoms. The molecule has 1 atom stereocenters. The van der Waals surface area contributed by atoms with Crippen molar-refractivity contribution in [2.75, 3.05) is 26.2 Å². The maximum absolute atomic E-state index is 6.41. The number of ether oxygens (including phenoxy) is 1. The van der Waals surface area contributed by atoms with Crippen molar-refractivity contribution in [1.82, 2.24) is 4.90 Å². The summed E-state index contributed by atoms with van der Waals surface area (Å²) in [5.74, 6) is 1.08. The number of nitrogens with zero attached hydrogens (tertiary/aromatic N) is 2. The number of hydrogen-bond acceptors (Lipinski definition) is 3. The molecule has 3 rings (SSSR count). The zero-order valence-electron chi connectivity index (χ0n) is 13.6. The van der Waals surface area contributed by atoms with E-state index in [0.29, 0.717) is 16.7 Å². The highest BCUT2D eigenvalue weighted by Gasteiger charge is 2.19. The first kappa shape index (κ1) is 17.3. The summed E-state index contributed by atoms with van der Waals surface area (Å²) >= 11 is 12.4. The lowest BCUT2D eigenvalue weighted by molar-refractivity contribution is 0.0721. The highest BCUT2D eigenvalue weighted by atomic mass is 35.5. The van der Waals surface area contributed by atoms with E-state index < -0.39 is 0 Å². The zero-order valence-corrected chi connectivity index (χ0v) is 15.1. The highest BCUT2D eigenvalue weighted by molar-refractivity contribution is 6.35. The van der Waals surface area contributed by atoms with Gasteiger partial charge in [-0.15, -0.1) is 0 Å². The molecule has 0 saturated carbocycles. The van der Waals surface area contributed by atoms with E-state index in [-0.39, 0.29) is 6.10 Å². The molecular formula is C19H20Cl2N2O. The lowest BCUT2D eigenvalue weighted by Gasteiger charge is -2.23. The lowest BCUT2D eigenvalue weighted by atomic mass is 10.0. The summed E-state index contributed by atoms with van der Waals surface area (Å²) in [5.41, 5.74) is 2.01. The number of aliphatic imine (C=N–C) groups is 1. The van der Waals surface area contributed by atoms with E-state index in [1.54, 1.807) is 6.07 Å². The van der Waals surface area contributed by atoms with Gasteiger partial charge in [-0.05, 0) is 24.6 Å². The fraction of sp³-hybridized carbons (Fsp3) is 0.316. The van der Waals surface area contributed by atoms with E-state index in [1.807, 2.05) is 37.3 Å². The second-order valence-electron chi connectivity index (χ2n) is 5.74. The minimum absolute atomic E-state index is 0.212. The Hall–Kier alpha value is -1.55. The van der Waals surface area contributed by atoms with E-state index in [2.05, 4.69) is 22.0 Å². The predicted octanol–water partition coefficient (Wildman–Crippen LogP) is 4.83. The summed E-state index contributed by atoms with van der Waals surface area (Å²) < 4.78 is 6.22. The molecule has 0 spiro atoms. The molecule has 2 aromatic rings. The Balaban J connectivity index is 1.76. The number of hydrogen-bond donors (Lipinski definition) is 0. The molecule has 0 unspecified atom stereocenters. The summed E-state index contributed by atoms with van der Waals surface area (Å²) in [6.45, 7) is 5.30. The van der Waals surface area contributed by atoms with Crippen molar-refractivity contribution in [3.63, 3.8) is 0 Å². The Kier molecular flexibility index (Phi) is 5.77. The molecule has 0 amide bonds. The first-order valence-electron chi connectivity index (χ1n) is 8.02. The van der Waals surface area contributed by atoms with Crippen molar-refractivity contribution < 1.29 is 4.74 Å². The number of halogens is 2. The second-order valence-corrected chi connectivity index (χ2v) is 6.59. The molecule has 0 radical (unpaired) electrons. The van der Waals surface area contributed by atoms with Crippen LogP contribution in [0.5, 0.6) is 0 Å². The maximum atomic E-state index is 6.41. The van der Waals surface area contributed by atoms with Gasteiger partial charge in [0, 0.05) is 28.7 Å². The van der Waals surface area contributed by atoms with Crippen LogP contribution in [-0.2, 0) is 4.74 Å². The Labute approximate surface area is 152 Å². The van der Waals surface area contributed by atoms with E-state index in [9.17, 15) is 0 Å². The van der Waals surface area contributed by atoms with Gasteiger partial charge in [-0.25, -0.2) is 0 Å². The van der Waals surface area contributed by atoms with Crippen LogP contribution in [0.3, 0.4) is 0 Å². The summed E-state index contributed by atoms with van der Waals surface area (Å²) in [4.78, 5) is 6.65. The zero-order chi connectivity index (χ0) is 16.9. The maximum Gasteiger partial charge on any atom is 0.109 e. The Bertz CT molecular complexity index is 719. The van der Waals surface area contributed by atoms with E-state index in [1.165, 1.54) is 0 Å². The molecule has 0 aromatic heterocycles. The van der Waals surface area contributed by atoms with E-state index in [4.69, 9.17) is 27.9 Å². The normalized spacial score (nSPS) is 15.5. The van der Waals surface area contributed by atoms with Gasteiger partial charge in [0.2, 0.25) is 0 Å². The van der Waals surface area contributed by atoms with Crippen LogP contribution in [0.15, 0.2) is 53.5 Å². The van der Waals surface area contributed by atoms with Crippen molar-refractivity contribution in [3.05, 3.63) is 69.7 Å². The Morgan fingerprint density at radius 2 is 1.96 bits per heavy atom. The summed E-state index contributed by atoms with van der Waals surface area (Å²) in [6.07, 6.45) is -0.212. The molecule has 0 aliphatic carbocycles. The Morgan fingerprint density at radius 3 is 2.62 bits per heavy atom. The molecule has 5 heteroatoms. The van der Waals surface area contributed by atoms with E-state index >= 15 is 0 Å². The van der Waals surface area contributed by atoms with Gasteiger partial charge < -0.3 is 9.64 Å². The van der Waals surface area contributed by atoms with Gasteiger partial charge in [0.25, 0.3) is 0 Å². The third-order valence-corrected chi connectivity index (χ3v) is 4.72. The summed E-state index contributed by atoms with van der Waals surface area (Å²) in [5, 5.41) is 1.25. The van der Waals surface area contributed by atoms with Crippen molar-refractivity contribution >= 4 is 29.0 Å². The lowest BCUT2D eigenvalue weighted by Crippen LogP contribution is -2.30. The predicted molar refractivity (Wildman–Crippen MR) is 100 cm³/mol. The second kappa shape index (κ2) is 8.02. The minimum atomic E-state index is -0.212. The van der Waals surface area contributed by atoms with Gasteiger partial charge in [-0.2, -0.15) is 0 Å². The van der Waals surface area contributed by atoms with Crippen molar-refractivity contribution in [2.24, 2.45) is 4.99 Å². The molecule has 0 bridgehead atoms. The highest BCUT2D eigenvalue weighted by Crippen LogP contribution is 2.33. The van der Waals surface area contributed by atoms with E-state index in [0.717, 1.165) is 36.6 Å². The largest absolute Gasteiger partial charge is 0.367 e. The van der Waals surface area contributed by atoms with Gasteiger partial charge in [-0.1, -0.05) is 59.6 Å². The molecule has 126 valence electrons. The Morgan fingerprint density at radius 1 is 1.17 bits per heavy atom. The fourth-order valence-electron chi connectivity index (χ4n) is 2.86. The number of rotatable bonds is 6. The number of benzene rings is 2. The SMILES string of the molecule is CC1=NCCN1CCO[C@@H](c1ccccc1)c1ccc(Cl)cc1Cl. The first-order valence-corrected chi connectivity index (χ1v) is 8.78. The van der Waals surface area contributed by atoms with Crippen LogP contribution in [0.2, 0.25) is 10.0 Å². The standard InChI is InChI=1S/C19H20Cl2N2O/c1-14-22-9-10-23(14)11-12-24-19(15-5-3-2-4-6-15)17-8-7-16(20)13-18(17)21/h2-8,13,19H,9-12H2,1H3/t19-/m0/s1. The molecule has 2 aromatic carbocycles.